The van der Waals surface area contributed by atoms with Crippen LogP contribution in [0.15, 0.2) is 12.2 Å². The Kier molecular flexibility index (Phi) is 3.98. The molecule has 0 aromatic carbocycles. The molecular weight excluding hydrogens is 158 g/mol. The monoisotopic (exact) mass is 181 g/mol. The third-order valence-electron chi connectivity index (χ3n) is 2.95. The van der Waals surface area contributed by atoms with E-state index in [2.05, 4.69) is 32.7 Å². The first-order valence-electron chi connectivity index (χ1n) is 5.47. The highest BCUT2D eigenvalue weighted by molar-refractivity contribution is 4.91. The molecule has 1 fully saturated rings. The second kappa shape index (κ2) is 4.80. The summed E-state index contributed by atoms with van der Waals surface area (Å²) in [6.07, 6.45) is 3.96. The van der Waals surface area contributed by atoms with Gasteiger partial charge in [-0.1, -0.05) is 19.4 Å². The lowest BCUT2D eigenvalue weighted by molar-refractivity contribution is 0.363. The van der Waals surface area contributed by atoms with E-state index in [4.69, 9.17) is 0 Å². The van der Waals surface area contributed by atoms with Crippen molar-refractivity contribution in [2.24, 2.45) is 11.8 Å². The molecule has 76 valence electrons. The van der Waals surface area contributed by atoms with E-state index in [1.54, 1.807) is 0 Å². The van der Waals surface area contributed by atoms with Gasteiger partial charge in [0.2, 0.25) is 0 Å². The van der Waals surface area contributed by atoms with Crippen molar-refractivity contribution >= 4 is 0 Å². The summed E-state index contributed by atoms with van der Waals surface area (Å²) in [5.74, 6) is 1.54. The Labute approximate surface area is 82.6 Å². The highest BCUT2D eigenvalue weighted by Gasteiger charge is 2.22. The maximum atomic E-state index is 3.96. The van der Waals surface area contributed by atoms with Crippen molar-refractivity contribution in [3.8, 4) is 0 Å². The molecule has 0 spiro atoms. The van der Waals surface area contributed by atoms with Crippen molar-refractivity contribution < 1.29 is 0 Å². The van der Waals surface area contributed by atoms with Crippen LogP contribution in [0.4, 0.5) is 0 Å². The molecule has 0 radical (unpaired) electrons. The minimum Gasteiger partial charge on any atom is -0.314 e. The molecular formula is C12H23N. The maximum absolute atomic E-state index is 3.96. The van der Waals surface area contributed by atoms with Crippen LogP contribution in [0.2, 0.25) is 0 Å². The molecule has 0 saturated heterocycles. The van der Waals surface area contributed by atoms with E-state index in [0.717, 1.165) is 17.9 Å². The Morgan fingerprint density at radius 3 is 2.46 bits per heavy atom. The summed E-state index contributed by atoms with van der Waals surface area (Å²) >= 11 is 0. The van der Waals surface area contributed by atoms with Gasteiger partial charge in [-0.15, -0.1) is 6.58 Å². The summed E-state index contributed by atoms with van der Waals surface area (Å²) in [5, 5.41) is 3.58. The van der Waals surface area contributed by atoms with E-state index < -0.39 is 0 Å². The molecule has 1 N–H and O–H groups in total. The Morgan fingerprint density at radius 1 is 1.38 bits per heavy atom. The van der Waals surface area contributed by atoms with Gasteiger partial charge in [-0.05, 0) is 44.6 Å². The predicted molar refractivity (Wildman–Crippen MR) is 58.8 cm³/mol. The van der Waals surface area contributed by atoms with Crippen LogP contribution < -0.4 is 5.32 Å². The maximum Gasteiger partial charge on any atom is 0.00683 e. The van der Waals surface area contributed by atoms with E-state index in [0.29, 0.717) is 0 Å². The van der Waals surface area contributed by atoms with E-state index in [-0.39, 0.29) is 0 Å². The fourth-order valence-electron chi connectivity index (χ4n) is 1.59. The first-order valence-corrected chi connectivity index (χ1v) is 5.47. The van der Waals surface area contributed by atoms with Gasteiger partial charge in [-0.2, -0.15) is 0 Å². The fraction of sp³-hybridized carbons (Fsp3) is 0.833. The van der Waals surface area contributed by atoms with Crippen molar-refractivity contribution in [2.75, 3.05) is 6.54 Å². The summed E-state index contributed by atoms with van der Waals surface area (Å²) in [6.45, 7) is 11.9. The van der Waals surface area contributed by atoms with Gasteiger partial charge < -0.3 is 5.32 Å². The van der Waals surface area contributed by atoms with Crippen molar-refractivity contribution in [1.29, 1.82) is 0 Å². The van der Waals surface area contributed by atoms with Crippen molar-refractivity contribution in [2.45, 2.75) is 46.1 Å². The second-order valence-corrected chi connectivity index (χ2v) is 4.80. The molecule has 0 heterocycles. The highest BCUT2D eigenvalue weighted by atomic mass is 14.9. The summed E-state index contributed by atoms with van der Waals surface area (Å²) in [5.41, 5.74) is 1.31. The van der Waals surface area contributed by atoms with Gasteiger partial charge in [-0.25, -0.2) is 0 Å². The topological polar surface area (TPSA) is 12.0 Å². The zero-order valence-corrected chi connectivity index (χ0v) is 9.27. The number of nitrogens with one attached hydrogen (secondary N) is 1. The Hall–Kier alpha value is -0.300. The molecule has 2 unspecified atom stereocenters. The molecule has 2 atom stereocenters. The molecule has 1 aliphatic rings. The third-order valence-corrected chi connectivity index (χ3v) is 2.95. The summed E-state index contributed by atoms with van der Waals surface area (Å²) in [7, 11) is 0. The molecule has 1 aliphatic carbocycles. The van der Waals surface area contributed by atoms with Crippen LogP contribution in [0.1, 0.15) is 40.0 Å². The normalized spacial score (nSPS) is 21.2. The SMILES string of the molecule is C=C(C)CC(C)C(C)CNC1CC1. The summed E-state index contributed by atoms with van der Waals surface area (Å²) < 4.78 is 0. The van der Waals surface area contributed by atoms with Crippen LogP contribution in [0.3, 0.4) is 0 Å². The minimum absolute atomic E-state index is 0.767. The first-order chi connectivity index (χ1) is 6.09. The number of hydrogen-bond acceptors (Lipinski definition) is 1. The second-order valence-electron chi connectivity index (χ2n) is 4.80. The van der Waals surface area contributed by atoms with Gasteiger partial charge in [0.25, 0.3) is 0 Å². The van der Waals surface area contributed by atoms with E-state index in [9.17, 15) is 0 Å². The minimum atomic E-state index is 0.767. The number of hydrogen-bond donors (Lipinski definition) is 1. The van der Waals surface area contributed by atoms with Crippen molar-refractivity contribution in [1.82, 2.24) is 5.32 Å². The van der Waals surface area contributed by atoms with E-state index in [1.807, 2.05) is 0 Å². The fourth-order valence-corrected chi connectivity index (χ4v) is 1.59. The summed E-state index contributed by atoms with van der Waals surface area (Å²) in [6, 6.07) is 0.847. The molecule has 0 aromatic heterocycles. The van der Waals surface area contributed by atoms with Gasteiger partial charge >= 0.3 is 0 Å². The van der Waals surface area contributed by atoms with Crippen molar-refractivity contribution in [3.05, 3.63) is 12.2 Å². The number of allylic oxidation sites excluding steroid dienone is 1. The average molecular weight is 181 g/mol. The van der Waals surface area contributed by atoms with E-state index in [1.165, 1.54) is 31.4 Å². The first kappa shape index (κ1) is 10.8. The Balaban J connectivity index is 2.11. The third kappa shape index (κ3) is 4.47. The van der Waals surface area contributed by atoms with Gasteiger partial charge in [0.1, 0.15) is 0 Å². The largest absolute Gasteiger partial charge is 0.314 e. The molecule has 1 heteroatoms. The zero-order chi connectivity index (χ0) is 9.84. The quantitative estimate of drug-likeness (QED) is 0.621. The van der Waals surface area contributed by atoms with Gasteiger partial charge in [0.05, 0.1) is 0 Å². The lowest BCUT2D eigenvalue weighted by atomic mass is 9.90. The van der Waals surface area contributed by atoms with Crippen LogP contribution in [0.25, 0.3) is 0 Å². The van der Waals surface area contributed by atoms with Gasteiger partial charge in [0.15, 0.2) is 0 Å². The van der Waals surface area contributed by atoms with Crippen molar-refractivity contribution in [3.63, 3.8) is 0 Å². The predicted octanol–water partition coefficient (Wildman–Crippen LogP) is 2.98. The van der Waals surface area contributed by atoms with E-state index >= 15 is 0 Å². The van der Waals surface area contributed by atoms with Crippen LogP contribution >= 0.6 is 0 Å². The molecule has 0 aromatic rings. The molecule has 13 heavy (non-hydrogen) atoms. The smallest absolute Gasteiger partial charge is 0.00683 e. The van der Waals surface area contributed by atoms with Crippen LogP contribution in [-0.2, 0) is 0 Å². The Bertz CT molecular complexity index is 170. The number of rotatable bonds is 6. The molecule has 0 aliphatic heterocycles. The zero-order valence-electron chi connectivity index (χ0n) is 9.27. The standard InChI is InChI=1S/C12H23N/c1-9(2)7-10(3)11(4)8-13-12-5-6-12/h10-13H,1,5-8H2,2-4H3. The molecule has 1 rings (SSSR count). The van der Waals surface area contributed by atoms with Gasteiger partial charge in [-0.3, -0.25) is 0 Å². The highest BCUT2D eigenvalue weighted by Crippen LogP contribution is 2.22. The lowest BCUT2D eigenvalue weighted by Crippen LogP contribution is -2.26. The lowest BCUT2D eigenvalue weighted by Gasteiger charge is -2.20. The molecule has 0 bridgehead atoms. The molecule has 1 saturated carbocycles. The van der Waals surface area contributed by atoms with Crippen LogP contribution in [-0.4, -0.2) is 12.6 Å². The van der Waals surface area contributed by atoms with Crippen LogP contribution in [0, 0.1) is 11.8 Å². The van der Waals surface area contributed by atoms with Gasteiger partial charge in [0, 0.05) is 6.04 Å². The summed E-state index contributed by atoms with van der Waals surface area (Å²) in [4.78, 5) is 0. The average Bonchev–Trinajstić information content (AvgIpc) is 2.81. The Morgan fingerprint density at radius 2 is 2.00 bits per heavy atom. The van der Waals surface area contributed by atoms with Crippen LogP contribution in [0.5, 0.6) is 0 Å². The molecule has 0 amide bonds. The molecule has 1 nitrogen and oxygen atoms in total.